The molecule has 0 radical (unpaired) electrons. The topological polar surface area (TPSA) is 29.1 Å². The maximum Gasteiger partial charge on any atom is 0.234 e. The lowest BCUT2D eigenvalue weighted by Crippen LogP contribution is -2.14. The van der Waals surface area contributed by atoms with Crippen molar-refractivity contribution in [3.05, 3.63) is 71.8 Å². The molecule has 0 aliphatic heterocycles. The van der Waals surface area contributed by atoms with Crippen molar-refractivity contribution in [1.82, 2.24) is 0 Å². The lowest BCUT2D eigenvalue weighted by atomic mass is 10.1. The molecule has 0 heterocycles. The van der Waals surface area contributed by atoms with Crippen LogP contribution in [0.3, 0.4) is 0 Å². The second kappa shape index (κ2) is 9.11. The molecule has 0 aliphatic carbocycles. The second-order valence-electron chi connectivity index (χ2n) is 4.93. The Labute approximate surface area is 136 Å². The van der Waals surface area contributed by atoms with Gasteiger partial charge in [-0.05, 0) is 29.7 Å². The summed E-state index contributed by atoms with van der Waals surface area (Å²) >= 11 is 1.61. The highest BCUT2D eigenvalue weighted by Crippen LogP contribution is 2.12. The predicted molar refractivity (Wildman–Crippen MR) is 97.3 cm³/mol. The molecule has 0 aliphatic rings. The van der Waals surface area contributed by atoms with Gasteiger partial charge < -0.3 is 5.32 Å². The number of aryl methyl sites for hydroxylation is 1. The molecule has 114 valence electrons. The molecule has 22 heavy (non-hydrogen) atoms. The molecule has 2 rings (SSSR count). The van der Waals surface area contributed by atoms with Crippen molar-refractivity contribution in [3.8, 4) is 0 Å². The number of hydrogen-bond acceptors (Lipinski definition) is 2. The van der Waals surface area contributed by atoms with E-state index in [0.717, 1.165) is 17.9 Å². The number of amides is 1. The molecule has 0 bridgehead atoms. The summed E-state index contributed by atoms with van der Waals surface area (Å²) in [5.41, 5.74) is 3.30. The van der Waals surface area contributed by atoms with Crippen LogP contribution in [0.4, 0.5) is 5.69 Å². The van der Waals surface area contributed by atoms with Crippen LogP contribution in [-0.2, 0) is 11.2 Å². The zero-order chi connectivity index (χ0) is 15.6. The first-order chi connectivity index (χ1) is 10.8. The Balaban J connectivity index is 1.70. The second-order valence-corrected chi connectivity index (χ2v) is 5.96. The first kappa shape index (κ1) is 16.4. The summed E-state index contributed by atoms with van der Waals surface area (Å²) in [6, 6.07) is 18.2. The van der Waals surface area contributed by atoms with Crippen molar-refractivity contribution in [1.29, 1.82) is 0 Å². The average molecular weight is 311 g/mol. The first-order valence-electron chi connectivity index (χ1n) is 7.46. The lowest BCUT2D eigenvalue weighted by Gasteiger charge is -2.06. The van der Waals surface area contributed by atoms with Crippen LogP contribution in [-0.4, -0.2) is 17.4 Å². The predicted octanol–water partition coefficient (Wildman–Crippen LogP) is 4.63. The molecule has 0 saturated carbocycles. The van der Waals surface area contributed by atoms with Gasteiger partial charge in [-0.15, -0.1) is 11.8 Å². The van der Waals surface area contributed by atoms with Gasteiger partial charge in [0.1, 0.15) is 0 Å². The van der Waals surface area contributed by atoms with Crippen LogP contribution in [0, 0.1) is 0 Å². The Bertz CT molecular complexity index is 622. The smallest absolute Gasteiger partial charge is 0.234 e. The van der Waals surface area contributed by atoms with E-state index in [2.05, 4.69) is 42.6 Å². The molecule has 3 heteroatoms. The fourth-order valence-electron chi connectivity index (χ4n) is 2.03. The van der Waals surface area contributed by atoms with Gasteiger partial charge in [0.05, 0.1) is 5.75 Å². The lowest BCUT2D eigenvalue weighted by molar-refractivity contribution is -0.113. The molecule has 0 spiro atoms. The summed E-state index contributed by atoms with van der Waals surface area (Å²) in [7, 11) is 0. The summed E-state index contributed by atoms with van der Waals surface area (Å²) < 4.78 is 0. The Hall–Kier alpha value is -2.00. The van der Waals surface area contributed by atoms with Crippen molar-refractivity contribution in [2.75, 3.05) is 16.8 Å². The van der Waals surface area contributed by atoms with E-state index in [9.17, 15) is 4.79 Å². The molecular weight excluding hydrogens is 290 g/mol. The van der Waals surface area contributed by atoms with Crippen LogP contribution in [0.25, 0.3) is 6.08 Å². The summed E-state index contributed by atoms with van der Waals surface area (Å²) in [6.07, 6.45) is 5.14. The number of carbonyl (C=O) groups excluding carboxylic acids is 1. The number of anilines is 1. The van der Waals surface area contributed by atoms with Crippen LogP contribution < -0.4 is 5.32 Å². The zero-order valence-electron chi connectivity index (χ0n) is 12.8. The van der Waals surface area contributed by atoms with Crippen LogP contribution in [0.5, 0.6) is 0 Å². The van der Waals surface area contributed by atoms with E-state index < -0.39 is 0 Å². The monoisotopic (exact) mass is 311 g/mol. The summed E-state index contributed by atoms with van der Waals surface area (Å²) in [5.74, 6) is 1.35. The van der Waals surface area contributed by atoms with E-state index in [1.54, 1.807) is 11.8 Å². The normalized spacial score (nSPS) is 10.8. The Morgan fingerprint density at radius 2 is 1.95 bits per heavy atom. The van der Waals surface area contributed by atoms with Crippen molar-refractivity contribution in [2.45, 2.75) is 13.3 Å². The van der Waals surface area contributed by atoms with Crippen LogP contribution >= 0.6 is 11.8 Å². The zero-order valence-corrected chi connectivity index (χ0v) is 13.6. The van der Waals surface area contributed by atoms with E-state index in [0.29, 0.717) is 5.75 Å². The van der Waals surface area contributed by atoms with Crippen LogP contribution in [0.2, 0.25) is 0 Å². The fraction of sp³-hybridized carbons (Fsp3) is 0.211. The highest BCUT2D eigenvalue weighted by molar-refractivity contribution is 8.00. The van der Waals surface area contributed by atoms with Crippen molar-refractivity contribution in [3.63, 3.8) is 0 Å². The number of nitrogens with one attached hydrogen (secondary N) is 1. The molecule has 0 unspecified atom stereocenters. The van der Waals surface area contributed by atoms with Crippen LogP contribution in [0.15, 0.2) is 60.7 Å². The minimum Gasteiger partial charge on any atom is -0.325 e. The number of rotatable bonds is 7. The molecule has 1 amide bonds. The van der Waals surface area contributed by atoms with Crippen LogP contribution in [0.1, 0.15) is 18.1 Å². The number of carbonyl (C=O) groups is 1. The highest BCUT2D eigenvalue weighted by atomic mass is 32.2. The van der Waals surface area contributed by atoms with Crippen molar-refractivity contribution < 1.29 is 4.79 Å². The third-order valence-electron chi connectivity index (χ3n) is 3.18. The van der Waals surface area contributed by atoms with E-state index in [1.807, 2.05) is 36.4 Å². The standard InChI is InChI=1S/C19H21NOS/c1-2-16-10-6-12-18(14-16)20-19(21)15-22-13-7-11-17-8-4-3-5-9-17/h3-12,14H,2,13,15H2,1H3,(H,20,21)/b11-7+. The molecule has 0 saturated heterocycles. The van der Waals surface area contributed by atoms with Gasteiger partial charge in [0.2, 0.25) is 5.91 Å². The summed E-state index contributed by atoms with van der Waals surface area (Å²) in [6.45, 7) is 2.11. The molecule has 1 N–H and O–H groups in total. The molecular formula is C19H21NOS. The van der Waals surface area contributed by atoms with Crippen molar-refractivity contribution in [2.24, 2.45) is 0 Å². The molecule has 0 fully saturated rings. The van der Waals surface area contributed by atoms with Gasteiger partial charge >= 0.3 is 0 Å². The fourth-order valence-corrected chi connectivity index (χ4v) is 2.64. The van der Waals surface area contributed by atoms with E-state index in [-0.39, 0.29) is 5.91 Å². The maximum atomic E-state index is 11.9. The molecule has 2 aromatic rings. The minimum atomic E-state index is 0.0476. The van der Waals surface area contributed by atoms with Gasteiger partial charge in [0, 0.05) is 11.4 Å². The number of benzene rings is 2. The Morgan fingerprint density at radius 1 is 1.14 bits per heavy atom. The largest absolute Gasteiger partial charge is 0.325 e. The van der Waals surface area contributed by atoms with Gasteiger partial charge in [-0.25, -0.2) is 0 Å². The number of thioether (sulfide) groups is 1. The summed E-state index contributed by atoms with van der Waals surface area (Å²) in [4.78, 5) is 11.9. The van der Waals surface area contributed by atoms with E-state index in [1.165, 1.54) is 11.1 Å². The molecule has 2 nitrogen and oxygen atoms in total. The molecule has 0 aromatic heterocycles. The van der Waals surface area contributed by atoms with Gasteiger partial charge in [0.15, 0.2) is 0 Å². The number of hydrogen-bond donors (Lipinski definition) is 1. The highest BCUT2D eigenvalue weighted by Gasteiger charge is 2.02. The van der Waals surface area contributed by atoms with Gasteiger partial charge in [0.25, 0.3) is 0 Å². The van der Waals surface area contributed by atoms with E-state index >= 15 is 0 Å². The summed E-state index contributed by atoms with van der Waals surface area (Å²) in [5, 5.41) is 2.94. The first-order valence-corrected chi connectivity index (χ1v) is 8.61. The van der Waals surface area contributed by atoms with Gasteiger partial charge in [-0.2, -0.15) is 0 Å². The molecule has 0 atom stereocenters. The van der Waals surface area contributed by atoms with E-state index in [4.69, 9.17) is 0 Å². The van der Waals surface area contributed by atoms with Gasteiger partial charge in [-0.1, -0.05) is 61.5 Å². The quantitative estimate of drug-likeness (QED) is 0.755. The minimum absolute atomic E-state index is 0.0476. The Kier molecular flexibility index (Phi) is 6.78. The molecule has 2 aromatic carbocycles. The Morgan fingerprint density at radius 3 is 2.73 bits per heavy atom. The maximum absolute atomic E-state index is 11.9. The van der Waals surface area contributed by atoms with Gasteiger partial charge in [-0.3, -0.25) is 4.79 Å². The average Bonchev–Trinajstić information content (AvgIpc) is 2.55. The van der Waals surface area contributed by atoms with Crippen molar-refractivity contribution >= 4 is 29.4 Å². The third-order valence-corrected chi connectivity index (χ3v) is 4.07. The SMILES string of the molecule is CCc1cccc(NC(=O)CSC/C=C/c2ccccc2)c1. The third kappa shape index (κ3) is 5.78.